The van der Waals surface area contributed by atoms with Crippen molar-refractivity contribution in [2.75, 3.05) is 24.3 Å². The number of nitrogens with one attached hydrogen (secondary N) is 1. The SMILES string of the molecule is C[C@@H](OC(=O)c1ccc(N(C)C)cc1)C(=O)c1ccc(NC(=O)C(C)(C)C)cc1. The minimum Gasteiger partial charge on any atom is -0.451 e. The lowest BCUT2D eigenvalue weighted by Crippen LogP contribution is -2.27. The van der Waals surface area contributed by atoms with Gasteiger partial charge in [-0.05, 0) is 55.5 Å². The van der Waals surface area contributed by atoms with Gasteiger partial charge in [-0.3, -0.25) is 9.59 Å². The van der Waals surface area contributed by atoms with Gasteiger partial charge in [0.15, 0.2) is 6.10 Å². The Bertz CT molecular complexity index is 879. The van der Waals surface area contributed by atoms with Crippen LogP contribution >= 0.6 is 0 Å². The lowest BCUT2D eigenvalue weighted by atomic mass is 9.95. The van der Waals surface area contributed by atoms with Crippen LogP contribution in [-0.4, -0.2) is 37.9 Å². The number of nitrogens with zero attached hydrogens (tertiary/aromatic N) is 1. The minimum absolute atomic E-state index is 0.112. The average Bonchev–Trinajstić information content (AvgIpc) is 2.67. The molecular formula is C23H28N2O4. The van der Waals surface area contributed by atoms with Crippen molar-refractivity contribution >= 4 is 29.0 Å². The van der Waals surface area contributed by atoms with E-state index in [0.29, 0.717) is 16.8 Å². The van der Waals surface area contributed by atoms with Crippen LogP contribution in [0.15, 0.2) is 48.5 Å². The fourth-order valence-corrected chi connectivity index (χ4v) is 2.45. The van der Waals surface area contributed by atoms with Gasteiger partial charge in [0, 0.05) is 36.4 Å². The number of hydrogen-bond acceptors (Lipinski definition) is 5. The zero-order chi connectivity index (χ0) is 21.8. The van der Waals surface area contributed by atoms with Crippen molar-refractivity contribution in [2.45, 2.75) is 33.8 Å². The summed E-state index contributed by atoms with van der Waals surface area (Å²) >= 11 is 0. The first-order valence-corrected chi connectivity index (χ1v) is 9.43. The number of benzene rings is 2. The Morgan fingerprint density at radius 2 is 1.41 bits per heavy atom. The molecule has 0 bridgehead atoms. The topological polar surface area (TPSA) is 75.7 Å². The average molecular weight is 396 g/mol. The number of ketones is 1. The molecule has 2 rings (SSSR count). The zero-order valence-corrected chi connectivity index (χ0v) is 17.8. The Kier molecular flexibility index (Phi) is 6.80. The van der Waals surface area contributed by atoms with Crippen molar-refractivity contribution in [2.24, 2.45) is 5.41 Å². The number of amides is 1. The molecule has 0 aliphatic carbocycles. The van der Waals surface area contributed by atoms with Crippen LogP contribution in [0.5, 0.6) is 0 Å². The molecule has 0 aromatic heterocycles. The fraction of sp³-hybridized carbons (Fsp3) is 0.348. The molecule has 2 aromatic carbocycles. The van der Waals surface area contributed by atoms with Gasteiger partial charge in [0.05, 0.1) is 5.56 Å². The summed E-state index contributed by atoms with van der Waals surface area (Å²) in [5.41, 5.74) is 1.84. The summed E-state index contributed by atoms with van der Waals surface area (Å²) in [6, 6.07) is 13.5. The highest BCUT2D eigenvalue weighted by atomic mass is 16.5. The smallest absolute Gasteiger partial charge is 0.338 e. The molecule has 0 fully saturated rings. The Hall–Kier alpha value is -3.15. The summed E-state index contributed by atoms with van der Waals surface area (Å²) in [5, 5.41) is 2.80. The fourth-order valence-electron chi connectivity index (χ4n) is 2.45. The molecule has 29 heavy (non-hydrogen) atoms. The molecule has 0 saturated carbocycles. The first-order chi connectivity index (χ1) is 13.5. The predicted molar refractivity (Wildman–Crippen MR) is 115 cm³/mol. The number of anilines is 2. The monoisotopic (exact) mass is 396 g/mol. The third-order valence-electron chi connectivity index (χ3n) is 4.38. The Morgan fingerprint density at radius 3 is 1.90 bits per heavy atom. The molecular weight excluding hydrogens is 368 g/mol. The van der Waals surface area contributed by atoms with Crippen molar-refractivity contribution < 1.29 is 19.1 Å². The molecule has 2 aromatic rings. The molecule has 0 heterocycles. The molecule has 0 unspecified atom stereocenters. The second-order valence-corrected chi connectivity index (χ2v) is 8.13. The number of carbonyl (C=O) groups is 3. The molecule has 1 amide bonds. The van der Waals surface area contributed by atoms with Crippen LogP contribution < -0.4 is 10.2 Å². The number of esters is 1. The maximum absolute atomic E-state index is 12.6. The van der Waals surface area contributed by atoms with E-state index in [-0.39, 0.29) is 11.7 Å². The van der Waals surface area contributed by atoms with Crippen LogP contribution in [0.4, 0.5) is 11.4 Å². The molecule has 1 N–H and O–H groups in total. The first-order valence-electron chi connectivity index (χ1n) is 9.43. The second-order valence-electron chi connectivity index (χ2n) is 8.13. The van der Waals surface area contributed by atoms with Gasteiger partial charge in [0.25, 0.3) is 0 Å². The van der Waals surface area contributed by atoms with Gasteiger partial charge < -0.3 is 15.0 Å². The van der Waals surface area contributed by atoms with Gasteiger partial charge in [0.2, 0.25) is 11.7 Å². The molecule has 0 spiro atoms. The van der Waals surface area contributed by atoms with E-state index in [1.165, 1.54) is 0 Å². The highest BCUT2D eigenvalue weighted by Gasteiger charge is 2.22. The van der Waals surface area contributed by atoms with E-state index in [1.54, 1.807) is 43.3 Å². The van der Waals surface area contributed by atoms with E-state index in [0.717, 1.165) is 5.69 Å². The highest BCUT2D eigenvalue weighted by molar-refractivity contribution is 6.02. The third kappa shape index (κ3) is 5.91. The van der Waals surface area contributed by atoms with Gasteiger partial charge in [-0.15, -0.1) is 0 Å². The summed E-state index contributed by atoms with van der Waals surface area (Å²) in [6.07, 6.45) is -0.925. The molecule has 6 heteroatoms. The Balaban J connectivity index is 2.00. The van der Waals surface area contributed by atoms with E-state index in [2.05, 4.69) is 5.32 Å². The number of hydrogen-bond donors (Lipinski definition) is 1. The molecule has 0 aliphatic rings. The van der Waals surface area contributed by atoms with E-state index in [1.807, 2.05) is 51.9 Å². The quantitative estimate of drug-likeness (QED) is 0.586. The standard InChI is InChI=1S/C23H28N2O4/c1-15(29-21(27)17-9-13-19(14-10-17)25(5)6)20(26)16-7-11-18(12-8-16)24-22(28)23(2,3)4/h7-15H,1-6H3,(H,24,28)/t15-/m1/s1. The predicted octanol–water partition coefficient (Wildman–Crippen LogP) is 4.17. The summed E-state index contributed by atoms with van der Waals surface area (Å²) < 4.78 is 5.32. The number of rotatable bonds is 6. The van der Waals surface area contributed by atoms with Gasteiger partial charge >= 0.3 is 5.97 Å². The summed E-state index contributed by atoms with van der Waals surface area (Å²) in [4.78, 5) is 38.8. The number of ether oxygens (including phenoxy) is 1. The highest BCUT2D eigenvalue weighted by Crippen LogP contribution is 2.19. The van der Waals surface area contributed by atoms with E-state index < -0.39 is 17.5 Å². The van der Waals surface area contributed by atoms with Gasteiger partial charge in [0.1, 0.15) is 0 Å². The number of carbonyl (C=O) groups excluding carboxylic acids is 3. The maximum Gasteiger partial charge on any atom is 0.338 e. The van der Waals surface area contributed by atoms with Crippen LogP contribution in [0.1, 0.15) is 48.4 Å². The van der Waals surface area contributed by atoms with Crippen LogP contribution in [0.3, 0.4) is 0 Å². The van der Waals surface area contributed by atoms with Crippen molar-refractivity contribution in [3.63, 3.8) is 0 Å². The Morgan fingerprint density at radius 1 is 0.897 bits per heavy atom. The van der Waals surface area contributed by atoms with Gasteiger partial charge in [-0.2, -0.15) is 0 Å². The van der Waals surface area contributed by atoms with Crippen molar-refractivity contribution in [1.29, 1.82) is 0 Å². The second kappa shape index (κ2) is 8.90. The normalized spacial score (nSPS) is 12.1. The molecule has 0 saturated heterocycles. The third-order valence-corrected chi connectivity index (χ3v) is 4.38. The first kappa shape index (κ1) is 22.1. The van der Waals surface area contributed by atoms with E-state index in [9.17, 15) is 14.4 Å². The van der Waals surface area contributed by atoms with Crippen LogP contribution in [0.2, 0.25) is 0 Å². The summed E-state index contributed by atoms with van der Waals surface area (Å²) in [7, 11) is 3.82. The van der Waals surface area contributed by atoms with Crippen molar-refractivity contribution in [3.8, 4) is 0 Å². The zero-order valence-electron chi connectivity index (χ0n) is 17.8. The molecule has 6 nitrogen and oxygen atoms in total. The molecule has 0 aliphatic heterocycles. The minimum atomic E-state index is -0.925. The van der Waals surface area contributed by atoms with Gasteiger partial charge in [-0.25, -0.2) is 4.79 Å². The van der Waals surface area contributed by atoms with Crippen LogP contribution in [0, 0.1) is 5.41 Å². The van der Waals surface area contributed by atoms with Crippen molar-refractivity contribution in [1.82, 2.24) is 0 Å². The summed E-state index contributed by atoms with van der Waals surface area (Å²) in [6.45, 7) is 7.02. The maximum atomic E-state index is 12.6. The molecule has 1 atom stereocenters. The van der Waals surface area contributed by atoms with Gasteiger partial charge in [-0.1, -0.05) is 20.8 Å². The van der Waals surface area contributed by atoms with Crippen LogP contribution in [0.25, 0.3) is 0 Å². The van der Waals surface area contributed by atoms with Crippen molar-refractivity contribution in [3.05, 3.63) is 59.7 Å². The molecule has 0 radical (unpaired) electrons. The van der Waals surface area contributed by atoms with Crippen LogP contribution in [-0.2, 0) is 9.53 Å². The Labute approximate surface area is 171 Å². The largest absolute Gasteiger partial charge is 0.451 e. The number of Topliss-reactive ketones (excluding diaryl/α,β-unsaturated/α-hetero) is 1. The lowest BCUT2D eigenvalue weighted by Gasteiger charge is -2.18. The van der Waals surface area contributed by atoms with E-state index >= 15 is 0 Å². The lowest BCUT2D eigenvalue weighted by molar-refractivity contribution is -0.123. The van der Waals surface area contributed by atoms with E-state index in [4.69, 9.17) is 4.74 Å². The summed E-state index contributed by atoms with van der Waals surface area (Å²) in [5.74, 6) is -0.971. The molecule has 154 valence electrons.